The summed E-state index contributed by atoms with van der Waals surface area (Å²) in [6.07, 6.45) is 6.16. The van der Waals surface area contributed by atoms with Crippen molar-refractivity contribution in [2.75, 3.05) is 6.61 Å². The number of ether oxygens (including phenoxy) is 1. The quantitative estimate of drug-likeness (QED) is 0.439. The van der Waals surface area contributed by atoms with Gasteiger partial charge in [-0.15, -0.1) is 11.3 Å². The highest BCUT2D eigenvalue weighted by Crippen LogP contribution is 2.30. The van der Waals surface area contributed by atoms with Crippen LogP contribution in [0.4, 0.5) is 0 Å². The van der Waals surface area contributed by atoms with Gasteiger partial charge in [-0.25, -0.2) is 4.98 Å². The number of aryl methyl sites for hydroxylation is 1. The maximum atomic E-state index is 11.6. The second kappa shape index (κ2) is 8.82. The minimum atomic E-state index is 0.0748. The number of hydrogen-bond donors (Lipinski definition) is 0. The van der Waals surface area contributed by atoms with Crippen molar-refractivity contribution in [2.45, 2.75) is 52.9 Å². The van der Waals surface area contributed by atoms with E-state index >= 15 is 0 Å². The lowest BCUT2D eigenvalue weighted by Crippen LogP contribution is -1.97. The molecule has 23 heavy (non-hydrogen) atoms. The number of rotatable bonds is 9. The highest BCUT2D eigenvalue weighted by molar-refractivity contribution is 7.17. The van der Waals surface area contributed by atoms with Crippen molar-refractivity contribution in [2.24, 2.45) is 0 Å². The summed E-state index contributed by atoms with van der Waals surface area (Å²) in [6.45, 7) is 6.44. The average molecular weight is 331 g/mol. The summed E-state index contributed by atoms with van der Waals surface area (Å²) in [5.41, 5.74) is 1.81. The molecule has 2 rings (SSSR count). The zero-order valence-corrected chi connectivity index (χ0v) is 15.0. The van der Waals surface area contributed by atoms with Gasteiger partial charge in [0, 0.05) is 12.5 Å². The number of Topliss-reactive ketones (excluding diaryl/α,β-unsaturated/α-hetero) is 1. The smallest absolute Gasteiger partial charge is 0.171 e. The fraction of sp³-hybridized carbons (Fsp3) is 0.474. The minimum absolute atomic E-state index is 0.0748. The normalized spacial score (nSPS) is 10.7. The molecule has 1 heterocycles. The molecule has 0 aliphatic carbocycles. The predicted molar refractivity (Wildman–Crippen MR) is 96.5 cm³/mol. The lowest BCUT2D eigenvalue weighted by molar-refractivity contribution is 0.102. The van der Waals surface area contributed by atoms with Gasteiger partial charge in [-0.1, -0.05) is 44.7 Å². The zero-order chi connectivity index (χ0) is 16.7. The maximum absolute atomic E-state index is 11.6. The number of thiazole rings is 1. The van der Waals surface area contributed by atoms with Crippen LogP contribution in [-0.2, 0) is 0 Å². The number of carbonyl (C=O) groups is 1. The van der Waals surface area contributed by atoms with Crippen molar-refractivity contribution in [3.8, 4) is 16.3 Å². The van der Waals surface area contributed by atoms with Crippen LogP contribution in [-0.4, -0.2) is 17.4 Å². The van der Waals surface area contributed by atoms with E-state index in [0.717, 1.165) is 39.9 Å². The third kappa shape index (κ3) is 5.17. The van der Waals surface area contributed by atoms with Gasteiger partial charge in [-0.05, 0) is 25.5 Å². The summed E-state index contributed by atoms with van der Waals surface area (Å²) in [6, 6.07) is 7.97. The first-order valence-corrected chi connectivity index (χ1v) is 9.15. The Balaban J connectivity index is 1.97. The molecule has 0 amide bonds. The first kappa shape index (κ1) is 17.7. The van der Waals surface area contributed by atoms with Gasteiger partial charge in [0.15, 0.2) is 5.78 Å². The van der Waals surface area contributed by atoms with Crippen LogP contribution in [0.3, 0.4) is 0 Å². The Morgan fingerprint density at radius 3 is 2.70 bits per heavy atom. The van der Waals surface area contributed by atoms with Crippen LogP contribution in [0.1, 0.15) is 61.3 Å². The second-order valence-corrected chi connectivity index (χ2v) is 6.78. The molecule has 4 heteroatoms. The fourth-order valence-electron chi connectivity index (χ4n) is 2.46. The molecule has 0 aliphatic rings. The van der Waals surface area contributed by atoms with Gasteiger partial charge in [0.1, 0.15) is 10.8 Å². The lowest BCUT2D eigenvalue weighted by Gasteiger charge is -2.07. The summed E-state index contributed by atoms with van der Waals surface area (Å²) >= 11 is 1.45. The van der Waals surface area contributed by atoms with Gasteiger partial charge in [0.05, 0.1) is 17.2 Å². The number of benzene rings is 1. The third-order valence-corrected chi connectivity index (χ3v) is 5.02. The van der Waals surface area contributed by atoms with E-state index in [1.54, 1.807) is 6.92 Å². The first-order valence-electron chi connectivity index (χ1n) is 8.33. The van der Waals surface area contributed by atoms with E-state index in [0.29, 0.717) is 0 Å². The summed E-state index contributed by atoms with van der Waals surface area (Å²) in [5, 5.41) is 0.876. The summed E-state index contributed by atoms with van der Waals surface area (Å²) in [5.74, 6) is 0.945. The van der Waals surface area contributed by atoms with Crippen LogP contribution in [0.2, 0.25) is 0 Å². The van der Waals surface area contributed by atoms with E-state index in [9.17, 15) is 4.79 Å². The Morgan fingerprint density at radius 1 is 1.22 bits per heavy atom. The van der Waals surface area contributed by atoms with E-state index in [-0.39, 0.29) is 5.78 Å². The molecule has 0 radical (unpaired) electrons. The van der Waals surface area contributed by atoms with Crippen molar-refractivity contribution in [3.63, 3.8) is 0 Å². The van der Waals surface area contributed by atoms with Gasteiger partial charge in [0.2, 0.25) is 0 Å². The predicted octanol–water partition coefficient (Wildman–Crippen LogP) is 5.67. The number of unbranched alkanes of at least 4 members (excludes halogenated alkanes) is 4. The molecule has 0 fully saturated rings. The van der Waals surface area contributed by atoms with Crippen LogP contribution in [0.5, 0.6) is 5.75 Å². The Morgan fingerprint density at radius 2 is 2.00 bits per heavy atom. The molecule has 2 aromatic rings. The van der Waals surface area contributed by atoms with E-state index in [2.05, 4.69) is 11.9 Å². The maximum Gasteiger partial charge on any atom is 0.171 e. The summed E-state index contributed by atoms with van der Waals surface area (Å²) < 4.78 is 5.84. The van der Waals surface area contributed by atoms with Crippen LogP contribution in [0.15, 0.2) is 24.3 Å². The molecular weight excluding hydrogens is 306 g/mol. The standard InChI is InChI=1S/C19H25NO2S/c1-4-5-6-7-8-12-22-17-11-9-10-16(13-17)19-20-14(2)18(23-19)15(3)21/h9-11,13H,4-8,12H2,1-3H3. The van der Waals surface area contributed by atoms with Crippen LogP contribution >= 0.6 is 11.3 Å². The monoisotopic (exact) mass is 331 g/mol. The molecule has 0 spiro atoms. The molecule has 0 unspecified atom stereocenters. The highest BCUT2D eigenvalue weighted by atomic mass is 32.1. The Bertz CT molecular complexity index is 649. The topological polar surface area (TPSA) is 39.2 Å². The van der Waals surface area contributed by atoms with Crippen molar-refractivity contribution in [3.05, 3.63) is 34.8 Å². The second-order valence-electron chi connectivity index (χ2n) is 5.78. The van der Waals surface area contributed by atoms with Gasteiger partial charge < -0.3 is 4.74 Å². The van der Waals surface area contributed by atoms with Crippen molar-refractivity contribution in [1.82, 2.24) is 4.98 Å². The highest BCUT2D eigenvalue weighted by Gasteiger charge is 2.13. The molecule has 0 saturated heterocycles. The van der Waals surface area contributed by atoms with Crippen molar-refractivity contribution in [1.29, 1.82) is 0 Å². The van der Waals surface area contributed by atoms with E-state index in [1.807, 2.05) is 31.2 Å². The molecule has 0 N–H and O–H groups in total. The van der Waals surface area contributed by atoms with E-state index < -0.39 is 0 Å². The average Bonchev–Trinajstić information content (AvgIpc) is 2.93. The summed E-state index contributed by atoms with van der Waals surface area (Å²) in [7, 11) is 0. The molecule has 1 aromatic heterocycles. The minimum Gasteiger partial charge on any atom is -0.494 e. The SMILES string of the molecule is CCCCCCCOc1cccc(-c2nc(C)c(C(C)=O)s2)c1. The largest absolute Gasteiger partial charge is 0.494 e. The Kier molecular flexibility index (Phi) is 6.78. The van der Waals surface area contributed by atoms with Gasteiger partial charge in [-0.2, -0.15) is 0 Å². The van der Waals surface area contributed by atoms with E-state index in [4.69, 9.17) is 4.74 Å². The van der Waals surface area contributed by atoms with E-state index in [1.165, 1.54) is 37.0 Å². The molecule has 3 nitrogen and oxygen atoms in total. The van der Waals surface area contributed by atoms with Crippen molar-refractivity contribution >= 4 is 17.1 Å². The number of ketones is 1. The van der Waals surface area contributed by atoms with Gasteiger partial charge in [-0.3, -0.25) is 4.79 Å². The Hall–Kier alpha value is -1.68. The fourth-order valence-corrected chi connectivity index (χ4v) is 3.42. The third-order valence-electron chi connectivity index (χ3n) is 3.71. The number of carbonyl (C=O) groups excluding carboxylic acids is 1. The first-order chi connectivity index (χ1) is 11.1. The number of aromatic nitrogens is 1. The number of nitrogens with zero attached hydrogens (tertiary/aromatic N) is 1. The molecule has 0 aliphatic heterocycles. The summed E-state index contributed by atoms with van der Waals surface area (Å²) in [4.78, 5) is 16.8. The van der Waals surface area contributed by atoms with Crippen molar-refractivity contribution < 1.29 is 9.53 Å². The van der Waals surface area contributed by atoms with Crippen LogP contribution in [0.25, 0.3) is 10.6 Å². The molecule has 0 saturated carbocycles. The van der Waals surface area contributed by atoms with Crippen LogP contribution < -0.4 is 4.74 Å². The molecule has 0 bridgehead atoms. The Labute approximate surface area is 142 Å². The lowest BCUT2D eigenvalue weighted by atomic mass is 10.2. The molecule has 0 atom stereocenters. The zero-order valence-electron chi connectivity index (χ0n) is 14.2. The van der Waals surface area contributed by atoms with Gasteiger partial charge >= 0.3 is 0 Å². The number of hydrogen-bond acceptors (Lipinski definition) is 4. The van der Waals surface area contributed by atoms with Gasteiger partial charge in [0.25, 0.3) is 0 Å². The van der Waals surface area contributed by atoms with Crippen LogP contribution in [0, 0.1) is 6.92 Å². The molecular formula is C19H25NO2S. The molecule has 124 valence electrons. The molecule has 1 aromatic carbocycles.